The van der Waals surface area contributed by atoms with E-state index < -0.39 is 0 Å². The van der Waals surface area contributed by atoms with E-state index in [1.165, 1.54) is 0 Å². The maximum absolute atomic E-state index is 13.0. The SMILES string of the molecule is O=C1CCc2ccc(O)c(c2)Oc2cccc(c2)[C@@H]2CN(C(=O)C=Cc3ccccc3)C[C@H]2N1. The summed E-state index contributed by atoms with van der Waals surface area (Å²) in [6.45, 7) is 0.930. The number of nitrogens with zero attached hydrogens (tertiary/aromatic N) is 1. The third-order valence-electron chi connectivity index (χ3n) is 6.37. The highest BCUT2D eigenvalue weighted by Gasteiger charge is 2.36. The van der Waals surface area contributed by atoms with Crippen LogP contribution in [0.15, 0.2) is 78.9 Å². The van der Waals surface area contributed by atoms with Gasteiger partial charge in [-0.25, -0.2) is 0 Å². The van der Waals surface area contributed by atoms with Crippen LogP contribution >= 0.6 is 0 Å². The normalized spacial score (nSPS) is 19.9. The number of ether oxygens (including phenoxy) is 1. The largest absolute Gasteiger partial charge is 0.504 e. The standard InChI is InChI=1S/C28H26N2O4/c31-25-12-9-20-10-13-27(32)29-24-18-30(28(33)14-11-19-5-2-1-3-6-19)17-23(24)21-7-4-8-22(16-21)34-26(25)15-20/h1-9,11-12,14-16,23-24,31H,10,13,17-18H2,(H,29,32)/t23-,24+/m0/s1. The summed E-state index contributed by atoms with van der Waals surface area (Å²) in [6, 6.07) is 22.3. The number of aryl methyl sites for hydroxylation is 1. The minimum atomic E-state index is -0.200. The molecule has 6 nitrogen and oxygen atoms in total. The molecular weight excluding hydrogens is 428 g/mol. The summed E-state index contributed by atoms with van der Waals surface area (Å²) in [5.74, 6) is 0.797. The van der Waals surface area contributed by atoms with Crippen molar-refractivity contribution in [3.05, 3.63) is 95.6 Å². The Labute approximate surface area is 198 Å². The monoisotopic (exact) mass is 454 g/mol. The van der Waals surface area contributed by atoms with Crippen molar-refractivity contribution in [1.29, 1.82) is 0 Å². The number of likely N-dealkylation sites (tertiary alicyclic amines) is 1. The van der Waals surface area contributed by atoms with Gasteiger partial charge in [0.05, 0.1) is 6.04 Å². The number of carbonyl (C=O) groups excluding carboxylic acids is 2. The van der Waals surface area contributed by atoms with Crippen LogP contribution in [-0.4, -0.2) is 41.0 Å². The number of hydrogen-bond donors (Lipinski definition) is 2. The summed E-state index contributed by atoms with van der Waals surface area (Å²) in [6.07, 6.45) is 4.24. The molecule has 3 aromatic rings. The van der Waals surface area contributed by atoms with Crippen LogP contribution < -0.4 is 10.1 Å². The first-order valence-corrected chi connectivity index (χ1v) is 11.5. The lowest BCUT2D eigenvalue weighted by Gasteiger charge is -2.20. The van der Waals surface area contributed by atoms with E-state index in [1.807, 2.05) is 60.7 Å². The lowest BCUT2D eigenvalue weighted by Crippen LogP contribution is -2.40. The summed E-state index contributed by atoms with van der Waals surface area (Å²) in [5, 5.41) is 13.4. The van der Waals surface area contributed by atoms with Crippen molar-refractivity contribution in [1.82, 2.24) is 10.2 Å². The van der Waals surface area contributed by atoms with E-state index in [2.05, 4.69) is 5.32 Å². The van der Waals surface area contributed by atoms with Crippen LogP contribution in [0.1, 0.15) is 29.0 Å². The molecule has 0 spiro atoms. The molecule has 0 radical (unpaired) electrons. The molecule has 0 saturated carbocycles. The first-order valence-electron chi connectivity index (χ1n) is 11.5. The number of fused-ring (bicyclic) bond motifs is 6. The zero-order chi connectivity index (χ0) is 23.5. The molecule has 0 aromatic heterocycles. The average Bonchev–Trinajstić information content (AvgIpc) is 3.27. The van der Waals surface area contributed by atoms with Gasteiger partial charge in [0.2, 0.25) is 11.8 Å². The molecule has 2 heterocycles. The first kappa shape index (κ1) is 21.8. The fraction of sp³-hybridized carbons (Fsp3) is 0.214. The second-order valence-electron chi connectivity index (χ2n) is 8.74. The number of hydrogen-bond acceptors (Lipinski definition) is 4. The quantitative estimate of drug-likeness (QED) is 0.568. The van der Waals surface area contributed by atoms with E-state index in [1.54, 1.807) is 29.2 Å². The molecule has 2 N–H and O–H groups in total. The number of phenolic OH excluding ortho intramolecular Hbond substituents is 1. The van der Waals surface area contributed by atoms with Crippen LogP contribution in [0.5, 0.6) is 17.2 Å². The third-order valence-corrected chi connectivity index (χ3v) is 6.37. The molecule has 0 aliphatic carbocycles. The van der Waals surface area contributed by atoms with Gasteiger partial charge in [-0.15, -0.1) is 0 Å². The molecule has 2 aliphatic rings. The highest BCUT2D eigenvalue weighted by molar-refractivity contribution is 5.92. The van der Waals surface area contributed by atoms with E-state index in [0.29, 0.717) is 37.4 Å². The van der Waals surface area contributed by atoms with Gasteiger partial charge in [0, 0.05) is 31.5 Å². The second-order valence-corrected chi connectivity index (χ2v) is 8.74. The van der Waals surface area contributed by atoms with Crippen molar-refractivity contribution in [2.24, 2.45) is 0 Å². The molecule has 1 saturated heterocycles. The topological polar surface area (TPSA) is 78.9 Å². The molecule has 5 rings (SSSR count). The van der Waals surface area contributed by atoms with Crippen LogP contribution in [0, 0.1) is 0 Å². The van der Waals surface area contributed by atoms with Gasteiger partial charge in [-0.05, 0) is 53.5 Å². The van der Waals surface area contributed by atoms with Gasteiger partial charge >= 0.3 is 0 Å². The van der Waals surface area contributed by atoms with Gasteiger partial charge in [0.25, 0.3) is 0 Å². The summed E-state index contributed by atoms with van der Waals surface area (Å²) in [5.41, 5.74) is 2.84. The Morgan fingerprint density at radius 3 is 2.71 bits per heavy atom. The Hall–Kier alpha value is -4.06. The zero-order valence-corrected chi connectivity index (χ0v) is 18.7. The fourth-order valence-corrected chi connectivity index (χ4v) is 4.57. The highest BCUT2D eigenvalue weighted by Crippen LogP contribution is 2.35. The Kier molecular flexibility index (Phi) is 6.04. The van der Waals surface area contributed by atoms with Gasteiger partial charge in [-0.3, -0.25) is 9.59 Å². The van der Waals surface area contributed by atoms with Crippen LogP contribution in [0.4, 0.5) is 0 Å². The van der Waals surface area contributed by atoms with Gasteiger partial charge in [0.15, 0.2) is 11.5 Å². The predicted octanol–water partition coefficient (Wildman–Crippen LogP) is 4.25. The molecule has 6 heteroatoms. The van der Waals surface area contributed by atoms with Gasteiger partial charge < -0.3 is 20.1 Å². The number of benzene rings is 3. The lowest BCUT2D eigenvalue weighted by molar-refractivity contribution is -0.126. The second kappa shape index (κ2) is 9.43. The van der Waals surface area contributed by atoms with E-state index in [4.69, 9.17) is 4.74 Å². The van der Waals surface area contributed by atoms with Crippen molar-refractivity contribution in [3.8, 4) is 17.2 Å². The minimum Gasteiger partial charge on any atom is -0.504 e. The smallest absolute Gasteiger partial charge is 0.246 e. The Morgan fingerprint density at radius 1 is 1.00 bits per heavy atom. The number of rotatable bonds is 2. The minimum absolute atomic E-state index is 0.0502. The molecule has 3 aromatic carbocycles. The van der Waals surface area contributed by atoms with Crippen LogP contribution in [0.2, 0.25) is 0 Å². The predicted molar refractivity (Wildman–Crippen MR) is 130 cm³/mol. The molecule has 1 fully saturated rings. The van der Waals surface area contributed by atoms with Crippen LogP contribution in [-0.2, 0) is 16.0 Å². The Bertz CT molecular complexity index is 1240. The Morgan fingerprint density at radius 2 is 1.85 bits per heavy atom. The maximum atomic E-state index is 13.0. The van der Waals surface area contributed by atoms with E-state index in [0.717, 1.165) is 16.7 Å². The van der Waals surface area contributed by atoms with Gasteiger partial charge in [-0.2, -0.15) is 0 Å². The molecule has 34 heavy (non-hydrogen) atoms. The highest BCUT2D eigenvalue weighted by atomic mass is 16.5. The van der Waals surface area contributed by atoms with Crippen molar-refractivity contribution in [2.75, 3.05) is 13.1 Å². The Balaban J connectivity index is 1.42. The van der Waals surface area contributed by atoms with E-state index >= 15 is 0 Å². The van der Waals surface area contributed by atoms with Crippen LogP contribution in [0.25, 0.3) is 6.08 Å². The van der Waals surface area contributed by atoms with Crippen molar-refractivity contribution in [2.45, 2.75) is 24.8 Å². The lowest BCUT2D eigenvalue weighted by atomic mass is 9.94. The molecule has 2 aliphatic heterocycles. The number of phenols is 1. The van der Waals surface area contributed by atoms with Crippen molar-refractivity contribution < 1.29 is 19.4 Å². The van der Waals surface area contributed by atoms with E-state index in [-0.39, 0.29) is 29.5 Å². The molecule has 4 bridgehead atoms. The molecule has 2 atom stereocenters. The number of nitrogens with one attached hydrogen (secondary N) is 1. The summed E-state index contributed by atoms with van der Waals surface area (Å²) < 4.78 is 5.99. The molecular formula is C28H26N2O4. The maximum Gasteiger partial charge on any atom is 0.246 e. The van der Waals surface area contributed by atoms with Crippen molar-refractivity contribution in [3.63, 3.8) is 0 Å². The fourth-order valence-electron chi connectivity index (χ4n) is 4.57. The first-order chi connectivity index (χ1) is 16.5. The average molecular weight is 455 g/mol. The zero-order valence-electron chi connectivity index (χ0n) is 18.7. The molecule has 172 valence electrons. The van der Waals surface area contributed by atoms with Gasteiger partial charge in [0.1, 0.15) is 5.75 Å². The number of amides is 2. The van der Waals surface area contributed by atoms with Gasteiger partial charge in [-0.1, -0.05) is 48.5 Å². The summed E-state index contributed by atoms with van der Waals surface area (Å²) in [7, 11) is 0. The number of aromatic hydroxyl groups is 1. The summed E-state index contributed by atoms with van der Waals surface area (Å²) in [4.78, 5) is 27.5. The molecule has 2 amide bonds. The van der Waals surface area contributed by atoms with Crippen LogP contribution in [0.3, 0.4) is 0 Å². The summed E-state index contributed by atoms with van der Waals surface area (Å²) >= 11 is 0. The third kappa shape index (κ3) is 4.81. The van der Waals surface area contributed by atoms with E-state index in [9.17, 15) is 14.7 Å². The van der Waals surface area contributed by atoms with Crippen molar-refractivity contribution >= 4 is 17.9 Å². The molecule has 0 unspecified atom stereocenters. The number of carbonyl (C=O) groups is 2.